The zero-order valence-corrected chi connectivity index (χ0v) is 12.9. The Morgan fingerprint density at radius 2 is 2.00 bits per heavy atom. The third-order valence-corrected chi connectivity index (χ3v) is 4.14. The van der Waals surface area contributed by atoms with Crippen LogP contribution < -0.4 is 5.32 Å². The Labute approximate surface area is 128 Å². The van der Waals surface area contributed by atoms with Crippen molar-refractivity contribution in [3.8, 4) is 0 Å². The summed E-state index contributed by atoms with van der Waals surface area (Å²) in [5, 5.41) is 2.62. The summed E-state index contributed by atoms with van der Waals surface area (Å²) < 4.78 is 9.88. The third-order valence-electron chi connectivity index (χ3n) is 4.14. The van der Waals surface area contributed by atoms with Crippen LogP contribution in [0.15, 0.2) is 0 Å². The van der Waals surface area contributed by atoms with Crippen molar-refractivity contribution in [2.75, 3.05) is 6.54 Å². The highest BCUT2D eigenvalue weighted by Gasteiger charge is 2.49. The summed E-state index contributed by atoms with van der Waals surface area (Å²) in [4.78, 5) is 48.4. The normalized spacial score (nSPS) is 26.9. The molecule has 2 aliphatic heterocycles. The number of ether oxygens (including phenoxy) is 2. The summed E-state index contributed by atoms with van der Waals surface area (Å²) in [5.74, 6) is -1.85. The molecule has 0 aliphatic carbocycles. The zero-order valence-electron chi connectivity index (χ0n) is 12.9. The van der Waals surface area contributed by atoms with Crippen molar-refractivity contribution in [2.24, 2.45) is 0 Å². The molecule has 2 heterocycles. The Bertz CT molecular complexity index is 513. The van der Waals surface area contributed by atoms with Gasteiger partial charge in [0.1, 0.15) is 18.2 Å². The van der Waals surface area contributed by atoms with E-state index in [0.29, 0.717) is 12.8 Å². The fraction of sp³-hybridized carbons (Fsp3) is 0.714. The monoisotopic (exact) mass is 312 g/mol. The summed E-state index contributed by atoms with van der Waals surface area (Å²) in [6.07, 6.45) is -0.128. The first-order chi connectivity index (χ1) is 10.3. The second-order valence-corrected chi connectivity index (χ2v) is 5.57. The average molecular weight is 312 g/mol. The predicted octanol–water partition coefficient (Wildman–Crippen LogP) is 0.344. The second-order valence-electron chi connectivity index (χ2n) is 5.57. The van der Waals surface area contributed by atoms with Gasteiger partial charge in [0.15, 0.2) is 0 Å². The van der Waals surface area contributed by atoms with Crippen LogP contribution in [0, 0.1) is 0 Å². The number of carbonyl (C=O) groups is 4. The first-order valence-corrected chi connectivity index (χ1v) is 7.37. The van der Waals surface area contributed by atoms with Gasteiger partial charge in [0.25, 0.3) is 5.91 Å². The average Bonchev–Trinajstić information content (AvgIpc) is 2.90. The molecule has 122 valence electrons. The van der Waals surface area contributed by atoms with Gasteiger partial charge in [-0.3, -0.25) is 14.5 Å². The minimum absolute atomic E-state index is 0.276. The molecule has 2 rings (SSSR count). The molecule has 22 heavy (non-hydrogen) atoms. The summed E-state index contributed by atoms with van der Waals surface area (Å²) in [6.45, 7) is 4.77. The molecule has 2 atom stereocenters. The molecule has 0 spiro atoms. The second kappa shape index (κ2) is 5.94. The fourth-order valence-corrected chi connectivity index (χ4v) is 2.69. The van der Waals surface area contributed by atoms with Gasteiger partial charge in [-0.1, -0.05) is 13.8 Å². The van der Waals surface area contributed by atoms with E-state index in [1.807, 2.05) is 0 Å². The van der Waals surface area contributed by atoms with E-state index in [1.165, 1.54) is 0 Å². The Hall–Kier alpha value is -2.12. The molecule has 2 fully saturated rings. The van der Waals surface area contributed by atoms with E-state index in [4.69, 9.17) is 9.47 Å². The van der Waals surface area contributed by atoms with Gasteiger partial charge in [0.05, 0.1) is 0 Å². The summed E-state index contributed by atoms with van der Waals surface area (Å²) in [5.41, 5.74) is -0.960. The molecular weight excluding hydrogens is 292 g/mol. The molecule has 0 radical (unpaired) electrons. The molecule has 0 aromatic heterocycles. The van der Waals surface area contributed by atoms with Crippen LogP contribution in [0.4, 0.5) is 4.79 Å². The lowest BCUT2D eigenvalue weighted by Crippen LogP contribution is -2.46. The van der Waals surface area contributed by atoms with E-state index in [0.717, 1.165) is 4.90 Å². The predicted molar refractivity (Wildman–Crippen MR) is 73.6 cm³/mol. The van der Waals surface area contributed by atoms with Gasteiger partial charge in [-0.25, -0.2) is 9.59 Å². The Kier molecular flexibility index (Phi) is 4.39. The molecule has 0 aromatic rings. The lowest BCUT2D eigenvalue weighted by atomic mass is 9.93. The fourth-order valence-electron chi connectivity index (χ4n) is 2.69. The zero-order chi connectivity index (χ0) is 16.5. The van der Waals surface area contributed by atoms with Crippen LogP contribution in [0.25, 0.3) is 0 Å². The van der Waals surface area contributed by atoms with Gasteiger partial charge in [0, 0.05) is 6.42 Å². The smallest absolute Gasteiger partial charge is 0.347 e. The highest BCUT2D eigenvalue weighted by molar-refractivity contribution is 6.08. The topological polar surface area (TPSA) is 102 Å². The Morgan fingerprint density at radius 1 is 1.36 bits per heavy atom. The molecular formula is C14H20N2O6. The van der Waals surface area contributed by atoms with Crippen LogP contribution in [-0.4, -0.2) is 53.1 Å². The van der Waals surface area contributed by atoms with E-state index in [9.17, 15) is 19.2 Å². The molecule has 0 bridgehead atoms. The van der Waals surface area contributed by atoms with Crippen molar-refractivity contribution in [2.45, 2.75) is 57.8 Å². The van der Waals surface area contributed by atoms with Crippen LogP contribution in [0.1, 0.15) is 40.0 Å². The minimum Gasteiger partial charge on any atom is -0.460 e. The standard InChI is InChI=1S/C14H20N2O6/c1-4-14(5-2)12(19)16(13(20)15-14)7-10(17)22-9-6-8(3)21-11(9)18/h8-9H,4-7H2,1-3H3,(H,15,20)/t8-,9-/m0/s1. The highest BCUT2D eigenvalue weighted by atomic mass is 16.6. The molecule has 0 saturated carbocycles. The van der Waals surface area contributed by atoms with E-state index in [-0.39, 0.29) is 12.5 Å². The van der Waals surface area contributed by atoms with Crippen molar-refractivity contribution in [3.05, 3.63) is 0 Å². The lowest BCUT2D eigenvalue weighted by molar-refractivity contribution is -0.161. The van der Waals surface area contributed by atoms with E-state index in [2.05, 4.69) is 5.32 Å². The van der Waals surface area contributed by atoms with E-state index < -0.39 is 42.1 Å². The number of carbonyl (C=O) groups excluding carboxylic acids is 4. The third kappa shape index (κ3) is 2.77. The van der Waals surface area contributed by atoms with Gasteiger partial charge in [-0.05, 0) is 19.8 Å². The van der Waals surface area contributed by atoms with Crippen LogP contribution in [0.2, 0.25) is 0 Å². The van der Waals surface area contributed by atoms with Crippen LogP contribution in [-0.2, 0) is 23.9 Å². The first kappa shape index (κ1) is 16.3. The molecule has 8 nitrogen and oxygen atoms in total. The maximum absolute atomic E-state index is 12.3. The molecule has 2 saturated heterocycles. The molecule has 2 aliphatic rings. The number of rotatable bonds is 5. The van der Waals surface area contributed by atoms with Crippen molar-refractivity contribution in [3.63, 3.8) is 0 Å². The SMILES string of the molecule is CCC1(CC)NC(=O)N(CC(=O)O[C@H]2C[C@H](C)OC2=O)C1=O. The first-order valence-electron chi connectivity index (χ1n) is 7.37. The maximum atomic E-state index is 12.3. The summed E-state index contributed by atoms with van der Waals surface area (Å²) in [7, 11) is 0. The maximum Gasteiger partial charge on any atom is 0.347 e. The van der Waals surface area contributed by atoms with Gasteiger partial charge in [0.2, 0.25) is 6.10 Å². The minimum atomic E-state index is -0.967. The van der Waals surface area contributed by atoms with E-state index in [1.54, 1.807) is 20.8 Å². The Morgan fingerprint density at radius 3 is 2.45 bits per heavy atom. The number of nitrogens with one attached hydrogen (secondary N) is 1. The van der Waals surface area contributed by atoms with E-state index >= 15 is 0 Å². The molecule has 0 unspecified atom stereocenters. The van der Waals surface area contributed by atoms with Gasteiger partial charge in [-0.2, -0.15) is 0 Å². The van der Waals surface area contributed by atoms with Crippen molar-refractivity contribution >= 4 is 23.9 Å². The van der Waals surface area contributed by atoms with Gasteiger partial charge < -0.3 is 14.8 Å². The number of imide groups is 1. The molecule has 3 amide bonds. The van der Waals surface area contributed by atoms with Gasteiger partial charge >= 0.3 is 18.0 Å². The number of hydrogen-bond acceptors (Lipinski definition) is 6. The highest BCUT2D eigenvalue weighted by Crippen LogP contribution is 2.25. The van der Waals surface area contributed by atoms with Crippen molar-refractivity contribution < 1.29 is 28.7 Å². The Balaban J connectivity index is 1.98. The number of hydrogen-bond donors (Lipinski definition) is 1. The van der Waals surface area contributed by atoms with Crippen LogP contribution >= 0.6 is 0 Å². The van der Waals surface area contributed by atoms with Gasteiger partial charge in [-0.15, -0.1) is 0 Å². The lowest BCUT2D eigenvalue weighted by Gasteiger charge is -2.23. The van der Waals surface area contributed by atoms with Crippen molar-refractivity contribution in [1.29, 1.82) is 0 Å². The molecule has 8 heteroatoms. The summed E-state index contributed by atoms with van der Waals surface area (Å²) >= 11 is 0. The number of esters is 2. The number of nitrogens with zero attached hydrogens (tertiary/aromatic N) is 1. The molecule has 1 N–H and O–H groups in total. The van der Waals surface area contributed by atoms with Crippen molar-refractivity contribution in [1.82, 2.24) is 10.2 Å². The van der Waals surface area contributed by atoms with Crippen LogP contribution in [0.3, 0.4) is 0 Å². The molecule has 0 aromatic carbocycles. The number of urea groups is 1. The number of cyclic esters (lactones) is 1. The summed E-state index contributed by atoms with van der Waals surface area (Å²) in [6, 6.07) is -0.618. The van der Waals surface area contributed by atoms with Crippen LogP contribution in [0.5, 0.6) is 0 Å². The quantitative estimate of drug-likeness (QED) is 0.580. The largest absolute Gasteiger partial charge is 0.460 e. The number of amides is 3.